The molecular formula is C15H18N4. The van der Waals surface area contributed by atoms with E-state index >= 15 is 0 Å². The van der Waals surface area contributed by atoms with Gasteiger partial charge in [0.1, 0.15) is 0 Å². The van der Waals surface area contributed by atoms with E-state index in [0.717, 1.165) is 23.7 Å². The minimum Gasteiger partial charge on any atom is -0.399 e. The molecule has 0 aliphatic heterocycles. The monoisotopic (exact) mass is 254 g/mol. The molecule has 0 atom stereocenters. The summed E-state index contributed by atoms with van der Waals surface area (Å²) in [6, 6.07) is 8.60. The molecule has 19 heavy (non-hydrogen) atoms. The lowest BCUT2D eigenvalue weighted by molar-refractivity contribution is 0.757. The first-order valence-electron chi connectivity index (χ1n) is 6.62. The third-order valence-electron chi connectivity index (χ3n) is 3.34. The van der Waals surface area contributed by atoms with Crippen molar-refractivity contribution in [3.8, 4) is 0 Å². The predicted molar refractivity (Wildman–Crippen MR) is 76.8 cm³/mol. The fourth-order valence-electron chi connectivity index (χ4n) is 2.10. The van der Waals surface area contributed by atoms with Gasteiger partial charge < -0.3 is 10.6 Å². The second kappa shape index (κ2) is 4.88. The van der Waals surface area contributed by atoms with Gasteiger partial charge in [0.25, 0.3) is 0 Å². The van der Waals surface area contributed by atoms with E-state index < -0.39 is 0 Å². The van der Waals surface area contributed by atoms with Crippen LogP contribution in [-0.4, -0.2) is 16.0 Å². The number of aromatic nitrogens is 2. The molecule has 1 fully saturated rings. The van der Waals surface area contributed by atoms with Crippen LogP contribution in [0.2, 0.25) is 0 Å². The van der Waals surface area contributed by atoms with Crippen LogP contribution in [0, 0.1) is 6.92 Å². The molecule has 1 aliphatic carbocycles. The summed E-state index contributed by atoms with van der Waals surface area (Å²) in [5.41, 5.74) is 8.85. The highest BCUT2D eigenvalue weighted by Crippen LogP contribution is 2.31. The standard InChI is InChI=1S/C15H18N4/c1-11-8-17-15(18-9-11)19(14-6-7-14)10-12-2-4-13(16)5-3-12/h2-5,8-9,14H,6-7,10,16H2,1H3. The van der Waals surface area contributed by atoms with E-state index in [1.807, 2.05) is 31.5 Å². The third kappa shape index (κ3) is 2.84. The van der Waals surface area contributed by atoms with Crippen molar-refractivity contribution >= 4 is 11.6 Å². The highest BCUT2D eigenvalue weighted by atomic mass is 15.3. The van der Waals surface area contributed by atoms with Crippen molar-refractivity contribution in [2.24, 2.45) is 0 Å². The van der Waals surface area contributed by atoms with Gasteiger partial charge in [0.15, 0.2) is 0 Å². The average Bonchev–Trinajstić information content (AvgIpc) is 3.24. The zero-order chi connectivity index (χ0) is 13.2. The Morgan fingerprint density at radius 3 is 2.37 bits per heavy atom. The SMILES string of the molecule is Cc1cnc(N(Cc2ccc(N)cc2)C2CC2)nc1. The van der Waals surface area contributed by atoms with Crippen molar-refractivity contribution in [2.75, 3.05) is 10.6 Å². The van der Waals surface area contributed by atoms with Crippen molar-refractivity contribution in [1.82, 2.24) is 9.97 Å². The molecule has 0 bridgehead atoms. The summed E-state index contributed by atoms with van der Waals surface area (Å²) >= 11 is 0. The van der Waals surface area contributed by atoms with Gasteiger partial charge in [-0.2, -0.15) is 0 Å². The van der Waals surface area contributed by atoms with Crippen LogP contribution >= 0.6 is 0 Å². The maximum Gasteiger partial charge on any atom is 0.225 e. The summed E-state index contributed by atoms with van der Waals surface area (Å²) in [7, 11) is 0. The lowest BCUT2D eigenvalue weighted by atomic mass is 10.2. The van der Waals surface area contributed by atoms with Gasteiger partial charge >= 0.3 is 0 Å². The molecule has 1 aromatic heterocycles. The first-order valence-corrected chi connectivity index (χ1v) is 6.62. The zero-order valence-electron chi connectivity index (χ0n) is 11.1. The normalized spacial score (nSPS) is 14.4. The van der Waals surface area contributed by atoms with Gasteiger partial charge in [-0.05, 0) is 43.0 Å². The Balaban J connectivity index is 1.81. The maximum atomic E-state index is 5.72. The fourth-order valence-corrected chi connectivity index (χ4v) is 2.10. The van der Waals surface area contributed by atoms with Crippen molar-refractivity contribution in [3.63, 3.8) is 0 Å². The van der Waals surface area contributed by atoms with Gasteiger partial charge in [-0.25, -0.2) is 9.97 Å². The number of nitrogens with two attached hydrogens (primary N) is 1. The molecule has 4 nitrogen and oxygen atoms in total. The third-order valence-corrected chi connectivity index (χ3v) is 3.34. The summed E-state index contributed by atoms with van der Waals surface area (Å²) in [5, 5.41) is 0. The Labute approximate surface area is 113 Å². The van der Waals surface area contributed by atoms with E-state index in [9.17, 15) is 0 Å². The predicted octanol–water partition coefficient (Wildman–Crippen LogP) is 2.54. The van der Waals surface area contributed by atoms with Crippen molar-refractivity contribution < 1.29 is 0 Å². The molecule has 98 valence electrons. The van der Waals surface area contributed by atoms with Crippen LogP contribution in [0.3, 0.4) is 0 Å². The van der Waals surface area contributed by atoms with Gasteiger partial charge in [0.05, 0.1) is 0 Å². The van der Waals surface area contributed by atoms with E-state index in [-0.39, 0.29) is 0 Å². The Bertz CT molecular complexity index is 543. The number of anilines is 2. The van der Waals surface area contributed by atoms with Crippen LogP contribution in [0.4, 0.5) is 11.6 Å². The first kappa shape index (κ1) is 12.0. The van der Waals surface area contributed by atoms with E-state index in [2.05, 4.69) is 27.0 Å². The number of hydrogen-bond donors (Lipinski definition) is 1. The van der Waals surface area contributed by atoms with E-state index in [1.54, 1.807) is 0 Å². The number of nitrogen functional groups attached to an aromatic ring is 1. The van der Waals surface area contributed by atoms with Gasteiger partial charge in [-0.15, -0.1) is 0 Å². The fraction of sp³-hybridized carbons (Fsp3) is 0.333. The summed E-state index contributed by atoms with van der Waals surface area (Å²) in [6.45, 7) is 2.85. The van der Waals surface area contributed by atoms with Crippen LogP contribution in [0.5, 0.6) is 0 Å². The summed E-state index contributed by atoms with van der Waals surface area (Å²) in [5.74, 6) is 0.824. The molecule has 0 radical (unpaired) electrons. The lowest BCUT2D eigenvalue weighted by Crippen LogP contribution is -2.27. The van der Waals surface area contributed by atoms with Crippen LogP contribution < -0.4 is 10.6 Å². The van der Waals surface area contributed by atoms with Gasteiger partial charge in [-0.3, -0.25) is 0 Å². The molecule has 0 spiro atoms. The number of benzene rings is 1. The number of hydrogen-bond acceptors (Lipinski definition) is 4. The number of rotatable bonds is 4. The topological polar surface area (TPSA) is 55.0 Å². The highest BCUT2D eigenvalue weighted by Gasteiger charge is 2.30. The molecule has 1 heterocycles. The number of aryl methyl sites for hydroxylation is 1. The minimum atomic E-state index is 0.584. The molecule has 2 aromatic rings. The Kier molecular flexibility index (Phi) is 3.07. The van der Waals surface area contributed by atoms with Crippen LogP contribution in [-0.2, 0) is 6.54 Å². The maximum absolute atomic E-state index is 5.72. The van der Waals surface area contributed by atoms with Gasteiger partial charge in [0, 0.05) is 30.7 Å². The molecule has 1 saturated carbocycles. The quantitative estimate of drug-likeness (QED) is 0.852. The average molecular weight is 254 g/mol. The van der Waals surface area contributed by atoms with Crippen molar-refractivity contribution in [1.29, 1.82) is 0 Å². The molecule has 0 saturated heterocycles. The largest absolute Gasteiger partial charge is 0.399 e. The second-order valence-electron chi connectivity index (χ2n) is 5.16. The minimum absolute atomic E-state index is 0.584. The van der Waals surface area contributed by atoms with Gasteiger partial charge in [0.2, 0.25) is 5.95 Å². The van der Waals surface area contributed by atoms with E-state index in [4.69, 9.17) is 5.73 Å². The molecule has 4 heteroatoms. The number of nitrogens with zero attached hydrogens (tertiary/aromatic N) is 3. The first-order chi connectivity index (χ1) is 9.22. The molecule has 2 N–H and O–H groups in total. The van der Waals surface area contributed by atoms with Crippen LogP contribution in [0.25, 0.3) is 0 Å². The smallest absolute Gasteiger partial charge is 0.225 e. The van der Waals surface area contributed by atoms with E-state index in [0.29, 0.717) is 6.04 Å². The van der Waals surface area contributed by atoms with E-state index in [1.165, 1.54) is 18.4 Å². The summed E-state index contributed by atoms with van der Waals surface area (Å²) < 4.78 is 0. The Morgan fingerprint density at radius 2 is 1.79 bits per heavy atom. The molecule has 0 unspecified atom stereocenters. The molecular weight excluding hydrogens is 236 g/mol. The Hall–Kier alpha value is -2.10. The van der Waals surface area contributed by atoms with Crippen molar-refractivity contribution in [2.45, 2.75) is 32.4 Å². The lowest BCUT2D eigenvalue weighted by Gasteiger charge is -2.22. The molecule has 1 aromatic carbocycles. The summed E-state index contributed by atoms with van der Waals surface area (Å²) in [6.07, 6.45) is 6.21. The van der Waals surface area contributed by atoms with Crippen LogP contribution in [0.1, 0.15) is 24.0 Å². The highest BCUT2D eigenvalue weighted by molar-refractivity contribution is 5.42. The Morgan fingerprint density at radius 1 is 1.16 bits per heavy atom. The second-order valence-corrected chi connectivity index (χ2v) is 5.16. The zero-order valence-corrected chi connectivity index (χ0v) is 11.1. The van der Waals surface area contributed by atoms with Gasteiger partial charge in [-0.1, -0.05) is 12.1 Å². The summed E-state index contributed by atoms with van der Waals surface area (Å²) in [4.78, 5) is 11.2. The molecule has 1 aliphatic rings. The van der Waals surface area contributed by atoms with Crippen LogP contribution in [0.15, 0.2) is 36.7 Å². The molecule has 0 amide bonds. The van der Waals surface area contributed by atoms with Crippen molar-refractivity contribution in [3.05, 3.63) is 47.8 Å². The molecule has 3 rings (SSSR count).